The van der Waals surface area contributed by atoms with Crippen LogP contribution in [0.2, 0.25) is 5.15 Å². The summed E-state index contributed by atoms with van der Waals surface area (Å²) >= 11 is 6.85. The number of nitrogens with zero attached hydrogens (tertiary/aromatic N) is 3. The molecule has 4 aromatic rings. The monoisotopic (exact) mass is 559 g/mol. The zero-order valence-corrected chi connectivity index (χ0v) is 23.7. The zero-order valence-electron chi connectivity index (χ0n) is 22.9. The Hall–Kier alpha value is -3.81. The van der Waals surface area contributed by atoms with E-state index >= 15 is 0 Å². The molecule has 0 fully saturated rings. The first-order chi connectivity index (χ1) is 19.5. The van der Waals surface area contributed by atoms with E-state index in [4.69, 9.17) is 30.8 Å². The van der Waals surface area contributed by atoms with Gasteiger partial charge in [0, 0.05) is 38.7 Å². The molecule has 0 saturated carbocycles. The molecule has 0 aliphatic carbocycles. The van der Waals surface area contributed by atoms with Crippen LogP contribution in [0.1, 0.15) is 43.5 Å². The Morgan fingerprint density at radius 2 is 1.70 bits per heavy atom. The lowest BCUT2D eigenvalue weighted by Crippen LogP contribution is -2.25. The van der Waals surface area contributed by atoms with E-state index in [1.54, 1.807) is 6.07 Å². The summed E-state index contributed by atoms with van der Waals surface area (Å²) in [5.74, 6) is 2.60. The molecule has 0 bridgehead atoms. The average molecular weight is 560 g/mol. The average Bonchev–Trinajstić information content (AvgIpc) is 3.26. The second kappa shape index (κ2) is 13.0. The Morgan fingerprint density at radius 1 is 0.950 bits per heavy atom. The molecular weight excluding hydrogens is 526 g/mol. The highest BCUT2D eigenvalue weighted by molar-refractivity contribution is 6.30. The normalized spacial score (nSPS) is 12.5. The molecule has 0 spiro atoms. The minimum Gasteiger partial charge on any atom is -0.486 e. The molecule has 2 heterocycles. The molecule has 1 aromatic heterocycles. The number of carbonyl (C=O) groups is 1. The van der Waals surface area contributed by atoms with Gasteiger partial charge in [-0.25, -0.2) is 4.98 Å². The Bertz CT molecular complexity index is 1450. The van der Waals surface area contributed by atoms with E-state index in [0.29, 0.717) is 43.8 Å². The van der Waals surface area contributed by atoms with Crippen LogP contribution in [0.5, 0.6) is 17.2 Å². The van der Waals surface area contributed by atoms with E-state index in [-0.39, 0.29) is 5.97 Å². The highest BCUT2D eigenvalue weighted by Crippen LogP contribution is 2.32. The van der Waals surface area contributed by atoms with Crippen LogP contribution < -0.4 is 14.2 Å². The van der Waals surface area contributed by atoms with Gasteiger partial charge in [-0.2, -0.15) is 0 Å². The highest BCUT2D eigenvalue weighted by Gasteiger charge is 2.21. The van der Waals surface area contributed by atoms with Crippen molar-refractivity contribution in [1.82, 2.24) is 14.5 Å². The number of esters is 1. The summed E-state index contributed by atoms with van der Waals surface area (Å²) in [7, 11) is 0. The molecule has 8 heteroatoms. The first-order valence-electron chi connectivity index (χ1n) is 13.7. The Balaban J connectivity index is 1.49. The number of halogens is 1. The quantitative estimate of drug-likeness (QED) is 0.147. The van der Waals surface area contributed by atoms with Crippen molar-refractivity contribution in [3.8, 4) is 28.6 Å². The molecule has 0 amide bonds. The van der Waals surface area contributed by atoms with Gasteiger partial charge < -0.3 is 18.8 Å². The van der Waals surface area contributed by atoms with E-state index in [1.165, 1.54) is 6.92 Å². The number of carbonyl (C=O) groups excluding carboxylic acids is 1. The molecule has 5 rings (SSSR count). The molecule has 0 N–H and O–H groups in total. The summed E-state index contributed by atoms with van der Waals surface area (Å²) in [6.07, 6.45) is 2.08. The van der Waals surface area contributed by atoms with Crippen molar-refractivity contribution in [2.24, 2.45) is 0 Å². The zero-order chi connectivity index (χ0) is 27.9. The van der Waals surface area contributed by atoms with E-state index in [9.17, 15) is 4.79 Å². The lowest BCUT2D eigenvalue weighted by Gasteiger charge is -2.25. The standard InChI is InChI=1S/C32H34ClN3O4/c1-3-4-15-36-28(31(33)34-32(36)26-10-6-5-7-11-26)22-35(20-24-9-8-12-27(18-24)40-23(2)37)21-25-13-14-29-30(19-25)39-17-16-38-29/h5-14,18-19H,3-4,15-17,20-22H2,1-2H3. The van der Waals surface area contributed by atoms with Gasteiger partial charge in [0.15, 0.2) is 16.7 Å². The summed E-state index contributed by atoms with van der Waals surface area (Å²) in [6, 6.07) is 23.9. The van der Waals surface area contributed by atoms with E-state index in [2.05, 4.69) is 34.6 Å². The van der Waals surface area contributed by atoms with Crippen LogP contribution in [0.3, 0.4) is 0 Å². The number of rotatable bonds is 11. The summed E-state index contributed by atoms with van der Waals surface area (Å²) < 4.78 is 19.2. The van der Waals surface area contributed by atoms with Crippen LogP contribution in [-0.4, -0.2) is 33.6 Å². The predicted octanol–water partition coefficient (Wildman–Crippen LogP) is 6.90. The first kappa shape index (κ1) is 27.7. The molecule has 1 aliphatic rings. The minimum absolute atomic E-state index is 0.342. The lowest BCUT2D eigenvalue weighted by atomic mass is 10.1. The number of hydrogen-bond donors (Lipinski definition) is 0. The van der Waals surface area contributed by atoms with Crippen LogP contribution >= 0.6 is 11.6 Å². The fourth-order valence-electron chi connectivity index (χ4n) is 4.93. The van der Waals surface area contributed by atoms with Gasteiger partial charge in [-0.1, -0.05) is 73.5 Å². The maximum Gasteiger partial charge on any atom is 0.308 e. The number of unbranched alkanes of at least 4 members (excludes halogenated alkanes) is 1. The van der Waals surface area contributed by atoms with Crippen molar-refractivity contribution in [2.75, 3.05) is 13.2 Å². The van der Waals surface area contributed by atoms with E-state index in [1.807, 2.05) is 48.5 Å². The van der Waals surface area contributed by atoms with Crippen LogP contribution in [0.4, 0.5) is 0 Å². The minimum atomic E-state index is -0.342. The van der Waals surface area contributed by atoms with E-state index in [0.717, 1.165) is 59.1 Å². The SMILES string of the molecule is CCCCn1c(-c2ccccc2)nc(Cl)c1CN(Cc1cccc(OC(C)=O)c1)Cc1ccc2c(c1)OCCO2. The van der Waals surface area contributed by atoms with Crippen molar-refractivity contribution in [2.45, 2.75) is 52.9 Å². The van der Waals surface area contributed by atoms with Crippen LogP contribution in [0, 0.1) is 0 Å². The number of benzene rings is 3. The number of hydrogen-bond acceptors (Lipinski definition) is 6. The van der Waals surface area contributed by atoms with Crippen molar-refractivity contribution in [1.29, 1.82) is 0 Å². The summed E-state index contributed by atoms with van der Waals surface area (Å²) in [6.45, 7) is 7.35. The largest absolute Gasteiger partial charge is 0.486 e. The molecule has 0 atom stereocenters. The van der Waals surface area contributed by atoms with Gasteiger partial charge in [0.2, 0.25) is 0 Å². The second-order valence-corrected chi connectivity index (χ2v) is 10.3. The maximum atomic E-state index is 11.5. The third kappa shape index (κ3) is 6.84. The molecule has 0 radical (unpaired) electrons. The molecule has 208 valence electrons. The first-order valence-corrected chi connectivity index (χ1v) is 14.1. The maximum absolute atomic E-state index is 11.5. The van der Waals surface area contributed by atoms with Gasteiger partial charge in [-0.05, 0) is 41.8 Å². The number of imidazole rings is 1. The van der Waals surface area contributed by atoms with Crippen molar-refractivity contribution >= 4 is 17.6 Å². The third-order valence-electron chi connectivity index (χ3n) is 6.74. The van der Waals surface area contributed by atoms with Crippen LogP contribution in [0.15, 0.2) is 72.8 Å². The lowest BCUT2D eigenvalue weighted by molar-refractivity contribution is -0.131. The molecule has 0 unspecified atom stereocenters. The van der Waals surface area contributed by atoms with E-state index < -0.39 is 0 Å². The molecule has 0 saturated heterocycles. The highest BCUT2D eigenvalue weighted by atomic mass is 35.5. The number of aromatic nitrogens is 2. The molecule has 3 aromatic carbocycles. The summed E-state index contributed by atoms with van der Waals surface area (Å²) in [5, 5.41) is 0.510. The van der Waals surface area contributed by atoms with Gasteiger partial charge in [-0.15, -0.1) is 0 Å². The smallest absolute Gasteiger partial charge is 0.308 e. The van der Waals surface area contributed by atoms with Gasteiger partial charge in [-0.3, -0.25) is 9.69 Å². The molecule has 1 aliphatic heterocycles. The number of ether oxygens (including phenoxy) is 3. The third-order valence-corrected chi connectivity index (χ3v) is 7.05. The molecule has 7 nitrogen and oxygen atoms in total. The van der Waals surface area contributed by atoms with Crippen LogP contribution in [0.25, 0.3) is 11.4 Å². The second-order valence-electron chi connectivity index (χ2n) is 9.91. The van der Waals surface area contributed by atoms with Gasteiger partial charge in [0.25, 0.3) is 0 Å². The Labute approximate surface area is 240 Å². The fraction of sp³-hybridized carbons (Fsp3) is 0.312. The van der Waals surface area contributed by atoms with Crippen molar-refractivity contribution in [3.05, 3.63) is 94.8 Å². The topological polar surface area (TPSA) is 65.8 Å². The summed E-state index contributed by atoms with van der Waals surface area (Å²) in [5.41, 5.74) is 4.14. The molecule has 40 heavy (non-hydrogen) atoms. The summed E-state index contributed by atoms with van der Waals surface area (Å²) in [4.78, 5) is 18.7. The Morgan fingerprint density at radius 3 is 2.45 bits per heavy atom. The van der Waals surface area contributed by atoms with Crippen molar-refractivity contribution in [3.63, 3.8) is 0 Å². The molecular formula is C32H34ClN3O4. The van der Waals surface area contributed by atoms with Crippen molar-refractivity contribution < 1.29 is 19.0 Å². The van der Waals surface area contributed by atoms with Gasteiger partial charge >= 0.3 is 5.97 Å². The van der Waals surface area contributed by atoms with Gasteiger partial charge in [0.05, 0.1) is 5.69 Å². The predicted molar refractivity (Wildman–Crippen MR) is 156 cm³/mol. The van der Waals surface area contributed by atoms with Crippen LogP contribution in [-0.2, 0) is 31.0 Å². The Kier molecular flexibility index (Phi) is 9.04. The fourth-order valence-corrected chi connectivity index (χ4v) is 5.17. The number of fused-ring (bicyclic) bond motifs is 1. The van der Waals surface area contributed by atoms with Gasteiger partial charge in [0.1, 0.15) is 24.8 Å².